The quantitative estimate of drug-likeness (QED) is 0.0453. The van der Waals surface area contributed by atoms with Crippen LogP contribution in [0.3, 0.4) is 0 Å². The second kappa shape index (κ2) is 24.0. The van der Waals surface area contributed by atoms with Gasteiger partial charge in [-0.1, -0.05) is 197 Å². The Kier molecular flexibility index (Phi) is 20.1. The molecule has 270 valence electrons. The van der Waals surface area contributed by atoms with E-state index in [1.54, 1.807) is 7.11 Å². The van der Waals surface area contributed by atoms with E-state index in [9.17, 15) is 0 Å². The molecule has 0 aromatic heterocycles. The van der Waals surface area contributed by atoms with Gasteiger partial charge in [-0.2, -0.15) is 15.8 Å². The van der Waals surface area contributed by atoms with Crippen molar-refractivity contribution in [3.05, 3.63) is 113 Å². The van der Waals surface area contributed by atoms with Crippen LogP contribution in [0.5, 0.6) is 5.75 Å². The predicted octanol–water partition coefficient (Wildman–Crippen LogP) is 14.2. The first-order valence-corrected chi connectivity index (χ1v) is 23.5. The summed E-state index contributed by atoms with van der Waals surface area (Å²) in [7, 11) is 1.74. The highest BCUT2D eigenvalue weighted by Gasteiger charge is 2.39. The summed E-state index contributed by atoms with van der Waals surface area (Å²) in [5.74, 6) is 0.865. The summed E-state index contributed by atoms with van der Waals surface area (Å²) in [5.41, 5.74) is 2.74. The largest absolute Gasteiger partial charge is 0.497 e. The molecule has 0 saturated heterocycles. The fraction of sp³-hybridized carbons (Fsp3) is 0.565. The Labute approximate surface area is 304 Å². The summed E-state index contributed by atoms with van der Waals surface area (Å²) in [5, 5.41) is 4.39. The van der Waals surface area contributed by atoms with Gasteiger partial charge < -0.3 is 9.47 Å². The van der Waals surface area contributed by atoms with Crippen LogP contribution < -0.4 is 4.74 Å². The van der Waals surface area contributed by atoms with Gasteiger partial charge in [-0.3, -0.25) is 4.94 Å². The van der Waals surface area contributed by atoms with Gasteiger partial charge in [0.1, 0.15) is 11.4 Å². The number of benzene rings is 3. The molecule has 0 radical (unpaired) electrons. The maximum atomic E-state index is 7.74. The van der Waals surface area contributed by atoms with Crippen molar-refractivity contribution >= 4 is 13.1 Å². The Morgan fingerprint density at radius 2 is 0.959 bits per heavy atom. The molecule has 3 aromatic carbocycles. The smallest absolute Gasteiger partial charge is 0.159 e. The normalized spacial score (nSPS) is 12.8. The molecular weight excluding hydrogens is 611 g/mol. The molecule has 0 aliphatic carbocycles. The summed E-state index contributed by atoms with van der Waals surface area (Å²) >= 11 is -2.04. The van der Waals surface area contributed by atoms with E-state index in [1.807, 2.05) is 0 Å². The second-order valence-electron chi connectivity index (χ2n) is 14.8. The Bertz CT molecular complexity index is 1180. The highest BCUT2D eigenvalue weighted by Crippen LogP contribution is 2.43. The van der Waals surface area contributed by atoms with Crippen LogP contribution in [0.4, 0.5) is 0 Å². The number of hydrogen-bond acceptors (Lipinski definition) is 2. The van der Waals surface area contributed by atoms with Crippen LogP contribution in [0.15, 0.2) is 95.9 Å². The summed E-state index contributed by atoms with van der Waals surface area (Å²) in [6, 6.07) is 30.4. The topological polar surface area (TPSA) is 18.5 Å². The zero-order chi connectivity index (χ0) is 35.0. The molecule has 1 unspecified atom stereocenters. The third-order valence-corrected chi connectivity index (χ3v) is 16.6. The van der Waals surface area contributed by atoms with Gasteiger partial charge in [0.2, 0.25) is 0 Å². The molecular formula is C46H70AlO2-. The number of methoxy groups -OCH3 is 1. The van der Waals surface area contributed by atoms with E-state index >= 15 is 0 Å². The molecule has 0 fully saturated rings. The lowest BCUT2D eigenvalue weighted by molar-refractivity contribution is -0.0286. The molecule has 1 atom stereocenters. The molecule has 0 amide bonds. The molecule has 0 heterocycles. The minimum Gasteiger partial charge on any atom is -0.497 e. The van der Waals surface area contributed by atoms with E-state index in [1.165, 1.54) is 123 Å². The number of rotatable bonds is 27. The number of ether oxygens (including phenoxy) is 2. The van der Waals surface area contributed by atoms with Gasteiger partial charge in [-0.05, 0) is 35.2 Å². The molecule has 0 spiro atoms. The minimum atomic E-state index is -2.04. The fourth-order valence-electron chi connectivity index (χ4n) is 7.91. The van der Waals surface area contributed by atoms with E-state index in [0.29, 0.717) is 0 Å². The summed E-state index contributed by atoms with van der Waals surface area (Å²) in [6.45, 7) is 9.34. The van der Waals surface area contributed by atoms with Crippen molar-refractivity contribution in [2.45, 2.75) is 158 Å². The van der Waals surface area contributed by atoms with Crippen molar-refractivity contribution in [1.29, 1.82) is 0 Å². The average Bonchev–Trinajstić information content (AvgIpc) is 3.15. The Morgan fingerprint density at radius 1 is 0.531 bits per heavy atom. The van der Waals surface area contributed by atoms with Crippen molar-refractivity contribution in [2.24, 2.45) is 0 Å². The lowest BCUT2D eigenvalue weighted by Crippen LogP contribution is -2.37. The van der Waals surface area contributed by atoms with Crippen LogP contribution in [-0.2, 0) is 10.3 Å². The average molecular weight is 682 g/mol. The van der Waals surface area contributed by atoms with Crippen molar-refractivity contribution in [3.63, 3.8) is 0 Å². The van der Waals surface area contributed by atoms with Crippen molar-refractivity contribution in [2.75, 3.05) is 7.11 Å². The minimum absolute atomic E-state index is 0.0235. The zero-order valence-corrected chi connectivity index (χ0v) is 33.3. The maximum Gasteiger partial charge on any atom is 0.159 e. The molecule has 0 aliphatic heterocycles. The Balaban J connectivity index is 2.14. The highest BCUT2D eigenvalue weighted by molar-refractivity contribution is 6.84. The first-order valence-electron chi connectivity index (χ1n) is 20.4. The van der Waals surface area contributed by atoms with Crippen molar-refractivity contribution in [1.82, 2.24) is 0 Å². The zero-order valence-electron chi connectivity index (χ0n) is 32.1. The first-order chi connectivity index (χ1) is 24.1. The summed E-state index contributed by atoms with van der Waals surface area (Å²) in [4.78, 5) is 2.85. The third kappa shape index (κ3) is 13.4. The number of unbranched alkanes of at least 4 members (excludes halogenated alkanes) is 11. The van der Waals surface area contributed by atoms with Crippen molar-refractivity contribution in [3.8, 4) is 5.75 Å². The van der Waals surface area contributed by atoms with Crippen LogP contribution in [-0.4, -0.2) is 26.3 Å². The first kappa shape index (κ1) is 41.1. The molecule has 3 rings (SSSR count). The SMILES string of the molecule is CCCCC[CH2][Al-](/[CH]=C/C(CCCCC)OC(c1ccccc1)(c1ccccc1)c1ccc(OC)cc1)([CH2]CCCCC)[CH2]CCCCC. The molecule has 0 saturated carbocycles. The van der Waals surface area contributed by atoms with Crippen LogP contribution in [0.25, 0.3) is 0 Å². The van der Waals surface area contributed by atoms with E-state index in [0.717, 1.165) is 17.7 Å². The lowest BCUT2D eigenvalue weighted by Gasteiger charge is -2.40. The predicted molar refractivity (Wildman–Crippen MR) is 217 cm³/mol. The van der Waals surface area contributed by atoms with Crippen LogP contribution in [0, 0.1) is 0 Å². The van der Waals surface area contributed by atoms with E-state index in [-0.39, 0.29) is 6.10 Å². The van der Waals surface area contributed by atoms with Crippen LogP contribution >= 0.6 is 0 Å². The van der Waals surface area contributed by atoms with Gasteiger partial charge in [0.25, 0.3) is 0 Å². The Hall–Kier alpha value is -2.31. The van der Waals surface area contributed by atoms with Crippen LogP contribution in [0.1, 0.15) is 147 Å². The maximum absolute atomic E-state index is 7.74. The molecule has 49 heavy (non-hydrogen) atoms. The molecule has 0 N–H and O–H groups in total. The van der Waals surface area contributed by atoms with E-state index in [4.69, 9.17) is 9.47 Å². The molecule has 3 aromatic rings. The fourth-order valence-corrected chi connectivity index (χ4v) is 13.4. The molecule has 2 nitrogen and oxygen atoms in total. The van der Waals surface area contributed by atoms with Gasteiger partial charge in [0, 0.05) is 0 Å². The van der Waals surface area contributed by atoms with Gasteiger partial charge in [0.15, 0.2) is 13.1 Å². The summed E-state index contributed by atoms with van der Waals surface area (Å²) < 4.78 is 13.4. The van der Waals surface area contributed by atoms with Gasteiger partial charge in [-0.25, -0.2) is 0 Å². The molecule has 0 aliphatic rings. The van der Waals surface area contributed by atoms with Gasteiger partial charge >= 0.3 is 0 Å². The second-order valence-corrected chi connectivity index (χ2v) is 20.1. The molecule has 3 heteroatoms. The van der Waals surface area contributed by atoms with Crippen LogP contribution in [0.2, 0.25) is 15.8 Å². The third-order valence-electron chi connectivity index (χ3n) is 10.9. The standard InChI is InChI=1S/C28H31O2.3C6H13.Al/c1-4-6-9-18-26(5-2)30-28(23-14-10-7-11-15-23,24-16-12-8-13-17-24)25-19-21-27(29-3)22-20-25;3*1-3-5-6-4-2;/h2,5,7-8,10-17,19-22,26H,4,6,9,18H2,1,3H3;3*1,3-6H2,2H3;/q;;;;-1. The van der Waals surface area contributed by atoms with E-state index in [2.05, 4.69) is 124 Å². The van der Waals surface area contributed by atoms with E-state index < -0.39 is 18.7 Å². The van der Waals surface area contributed by atoms with Gasteiger partial charge in [-0.15, -0.1) is 6.08 Å². The lowest BCUT2D eigenvalue weighted by atomic mass is 9.79. The van der Waals surface area contributed by atoms with Gasteiger partial charge in [0.05, 0.1) is 13.2 Å². The highest BCUT2D eigenvalue weighted by atomic mass is 27.2. The number of hydrogen-bond donors (Lipinski definition) is 0. The summed E-state index contributed by atoms with van der Waals surface area (Å²) in [6.07, 6.45) is 23.6. The van der Waals surface area contributed by atoms with Crippen molar-refractivity contribution < 1.29 is 9.47 Å². The Morgan fingerprint density at radius 3 is 1.39 bits per heavy atom. The molecule has 0 bridgehead atoms. The monoisotopic (exact) mass is 682 g/mol.